The molecule has 0 saturated carbocycles. The molecule has 1 aliphatic rings. The molecule has 0 radical (unpaired) electrons. The zero-order chi connectivity index (χ0) is 17.1. The number of pyridine rings is 1. The van der Waals surface area contributed by atoms with Gasteiger partial charge in [-0.05, 0) is 64.4 Å². The van der Waals surface area contributed by atoms with Crippen LogP contribution in [0.1, 0.15) is 34.8 Å². The largest absolute Gasteiger partial charge is 0.310 e. The smallest absolute Gasteiger partial charge is 0.228 e. The number of hydrogen-bond acceptors (Lipinski definition) is 5. The highest BCUT2D eigenvalue weighted by Gasteiger charge is 2.25. The van der Waals surface area contributed by atoms with Gasteiger partial charge >= 0.3 is 0 Å². The van der Waals surface area contributed by atoms with Crippen molar-refractivity contribution in [3.8, 4) is 0 Å². The second-order valence-electron chi connectivity index (χ2n) is 6.57. The Balaban J connectivity index is 1.51. The van der Waals surface area contributed by atoms with Gasteiger partial charge in [-0.1, -0.05) is 0 Å². The lowest BCUT2D eigenvalue weighted by atomic mass is 9.96. The second-order valence-corrected chi connectivity index (χ2v) is 7.63. The van der Waals surface area contributed by atoms with E-state index in [1.807, 2.05) is 32.9 Å². The van der Waals surface area contributed by atoms with E-state index in [0.29, 0.717) is 5.82 Å². The van der Waals surface area contributed by atoms with Gasteiger partial charge in [-0.2, -0.15) is 0 Å². The lowest BCUT2D eigenvalue weighted by molar-refractivity contribution is -0.121. The van der Waals surface area contributed by atoms with Crippen LogP contribution >= 0.6 is 11.3 Å². The van der Waals surface area contributed by atoms with Crippen molar-refractivity contribution in [2.75, 3.05) is 18.4 Å². The summed E-state index contributed by atoms with van der Waals surface area (Å²) in [5.74, 6) is 0.829. The summed E-state index contributed by atoms with van der Waals surface area (Å²) >= 11 is 1.69. The number of amides is 1. The molecule has 0 aliphatic carbocycles. The maximum absolute atomic E-state index is 12.5. The van der Waals surface area contributed by atoms with Crippen molar-refractivity contribution in [1.82, 2.24) is 14.9 Å². The van der Waals surface area contributed by atoms with Gasteiger partial charge in [0, 0.05) is 23.5 Å². The predicted molar refractivity (Wildman–Crippen MR) is 97.2 cm³/mol. The van der Waals surface area contributed by atoms with Crippen molar-refractivity contribution in [3.63, 3.8) is 0 Å². The molecule has 1 amide bonds. The normalized spacial score (nSPS) is 16.3. The van der Waals surface area contributed by atoms with Crippen LogP contribution in [0.25, 0.3) is 0 Å². The molecular weight excluding hydrogens is 320 g/mol. The van der Waals surface area contributed by atoms with E-state index in [0.717, 1.165) is 54.4 Å². The van der Waals surface area contributed by atoms with E-state index in [1.165, 1.54) is 0 Å². The predicted octanol–water partition coefficient (Wildman–Crippen LogP) is 3.31. The zero-order valence-corrected chi connectivity index (χ0v) is 15.3. The molecule has 3 rings (SSSR count). The summed E-state index contributed by atoms with van der Waals surface area (Å²) < 4.78 is 0. The van der Waals surface area contributed by atoms with Crippen LogP contribution in [0.4, 0.5) is 5.82 Å². The van der Waals surface area contributed by atoms with Gasteiger partial charge in [0.05, 0.1) is 10.7 Å². The minimum atomic E-state index is 0.0704. The lowest BCUT2D eigenvalue weighted by Gasteiger charge is -2.30. The number of nitrogens with zero attached hydrogens (tertiary/aromatic N) is 3. The Morgan fingerprint density at radius 2 is 2.00 bits per heavy atom. The van der Waals surface area contributed by atoms with Crippen LogP contribution in [0.5, 0.6) is 0 Å². The molecule has 3 heterocycles. The van der Waals surface area contributed by atoms with Crippen LogP contribution in [-0.2, 0) is 11.3 Å². The van der Waals surface area contributed by atoms with E-state index in [1.54, 1.807) is 11.3 Å². The first-order valence-electron chi connectivity index (χ1n) is 8.39. The van der Waals surface area contributed by atoms with Gasteiger partial charge in [-0.15, -0.1) is 11.3 Å². The summed E-state index contributed by atoms with van der Waals surface area (Å²) in [6.07, 6.45) is 1.78. The number of aromatic nitrogens is 2. The fraction of sp³-hybridized carbons (Fsp3) is 0.500. The van der Waals surface area contributed by atoms with Gasteiger partial charge < -0.3 is 5.32 Å². The third kappa shape index (κ3) is 4.39. The van der Waals surface area contributed by atoms with Crippen LogP contribution in [0.2, 0.25) is 0 Å². The first kappa shape index (κ1) is 17.0. The van der Waals surface area contributed by atoms with Gasteiger partial charge in [-0.25, -0.2) is 9.97 Å². The first-order chi connectivity index (χ1) is 11.5. The first-order valence-corrected chi connectivity index (χ1v) is 9.27. The Morgan fingerprint density at radius 3 is 2.62 bits per heavy atom. The average molecular weight is 344 g/mol. The number of thiazole rings is 1. The maximum Gasteiger partial charge on any atom is 0.228 e. The number of hydrogen-bond donors (Lipinski definition) is 1. The zero-order valence-electron chi connectivity index (χ0n) is 14.5. The molecule has 0 unspecified atom stereocenters. The molecule has 128 valence electrons. The number of rotatable bonds is 4. The Morgan fingerprint density at radius 1 is 1.25 bits per heavy atom. The number of likely N-dealkylation sites (tertiary alicyclic amines) is 1. The van der Waals surface area contributed by atoms with E-state index in [2.05, 4.69) is 25.6 Å². The summed E-state index contributed by atoms with van der Waals surface area (Å²) in [6.45, 7) is 8.76. The quantitative estimate of drug-likeness (QED) is 0.924. The molecule has 0 spiro atoms. The Bertz CT molecular complexity index is 699. The Kier molecular flexibility index (Phi) is 5.26. The van der Waals surface area contributed by atoms with Crippen molar-refractivity contribution in [2.45, 2.75) is 40.2 Å². The minimum absolute atomic E-state index is 0.0704. The van der Waals surface area contributed by atoms with E-state index >= 15 is 0 Å². The standard InChI is InChI=1S/C18H24N4OS/c1-12-8-13(2)19-17(9-12)21-18(23)15-4-6-22(7-5-15)10-16-11-24-14(3)20-16/h8-9,11,15H,4-7,10H2,1-3H3,(H,19,21,23). The van der Waals surface area contributed by atoms with Crippen LogP contribution in [0, 0.1) is 26.7 Å². The molecular formula is C18H24N4OS. The number of nitrogens with one attached hydrogen (secondary N) is 1. The summed E-state index contributed by atoms with van der Waals surface area (Å²) in [7, 11) is 0. The monoisotopic (exact) mass is 344 g/mol. The molecule has 0 aromatic carbocycles. The SMILES string of the molecule is Cc1cc(C)nc(NC(=O)C2CCN(Cc3csc(C)n3)CC2)c1. The van der Waals surface area contributed by atoms with Gasteiger partial charge in [0.1, 0.15) is 5.82 Å². The molecule has 24 heavy (non-hydrogen) atoms. The molecule has 1 N–H and O–H groups in total. The summed E-state index contributed by atoms with van der Waals surface area (Å²) in [5, 5.41) is 6.22. The third-order valence-electron chi connectivity index (χ3n) is 4.36. The highest BCUT2D eigenvalue weighted by molar-refractivity contribution is 7.09. The van der Waals surface area contributed by atoms with E-state index in [4.69, 9.17) is 0 Å². The molecule has 5 nitrogen and oxygen atoms in total. The van der Waals surface area contributed by atoms with Gasteiger partial charge in [0.2, 0.25) is 5.91 Å². The highest BCUT2D eigenvalue weighted by Crippen LogP contribution is 2.21. The molecule has 2 aromatic heterocycles. The van der Waals surface area contributed by atoms with E-state index < -0.39 is 0 Å². The maximum atomic E-state index is 12.5. The fourth-order valence-corrected chi connectivity index (χ4v) is 3.80. The van der Waals surface area contributed by atoms with Crippen molar-refractivity contribution in [3.05, 3.63) is 39.5 Å². The van der Waals surface area contributed by atoms with E-state index in [-0.39, 0.29) is 11.8 Å². The van der Waals surface area contributed by atoms with Crippen LogP contribution in [-0.4, -0.2) is 33.9 Å². The molecule has 0 bridgehead atoms. The number of aryl methyl sites for hydroxylation is 3. The summed E-state index contributed by atoms with van der Waals surface area (Å²) in [6, 6.07) is 3.93. The van der Waals surface area contributed by atoms with Crippen LogP contribution in [0.15, 0.2) is 17.5 Å². The molecule has 1 fully saturated rings. The van der Waals surface area contributed by atoms with Crippen LogP contribution < -0.4 is 5.32 Å². The lowest BCUT2D eigenvalue weighted by Crippen LogP contribution is -2.38. The molecule has 0 atom stereocenters. The number of piperidine rings is 1. The second kappa shape index (κ2) is 7.40. The van der Waals surface area contributed by atoms with Crippen LogP contribution in [0.3, 0.4) is 0 Å². The Hall–Kier alpha value is -1.79. The molecule has 1 aliphatic heterocycles. The molecule has 1 saturated heterocycles. The van der Waals surface area contributed by atoms with Gasteiger partial charge in [0.25, 0.3) is 0 Å². The fourth-order valence-electron chi connectivity index (χ4n) is 3.20. The number of carbonyl (C=O) groups excluding carboxylic acids is 1. The van der Waals surface area contributed by atoms with Crippen molar-refractivity contribution in [2.24, 2.45) is 5.92 Å². The summed E-state index contributed by atoms with van der Waals surface area (Å²) in [5.41, 5.74) is 3.18. The van der Waals surface area contributed by atoms with Crippen molar-refractivity contribution in [1.29, 1.82) is 0 Å². The van der Waals surface area contributed by atoms with Gasteiger partial charge in [0.15, 0.2) is 0 Å². The highest BCUT2D eigenvalue weighted by atomic mass is 32.1. The van der Waals surface area contributed by atoms with Crippen molar-refractivity contribution < 1.29 is 4.79 Å². The van der Waals surface area contributed by atoms with E-state index in [9.17, 15) is 4.79 Å². The summed E-state index contributed by atoms with van der Waals surface area (Å²) in [4.78, 5) is 23.8. The minimum Gasteiger partial charge on any atom is -0.310 e. The third-order valence-corrected chi connectivity index (χ3v) is 5.18. The average Bonchev–Trinajstić information content (AvgIpc) is 2.92. The van der Waals surface area contributed by atoms with Crippen molar-refractivity contribution >= 4 is 23.1 Å². The Labute approximate surface area is 147 Å². The molecule has 2 aromatic rings. The topological polar surface area (TPSA) is 58.1 Å². The number of anilines is 1. The number of carbonyl (C=O) groups is 1. The molecule has 6 heteroatoms. The van der Waals surface area contributed by atoms with Gasteiger partial charge in [-0.3, -0.25) is 9.69 Å².